The van der Waals surface area contributed by atoms with Crippen molar-refractivity contribution in [3.8, 4) is 11.8 Å². The van der Waals surface area contributed by atoms with Gasteiger partial charge in [0.05, 0.1) is 17.7 Å². The van der Waals surface area contributed by atoms with Crippen molar-refractivity contribution in [2.45, 2.75) is 70.4 Å². The molecule has 34 heavy (non-hydrogen) atoms. The highest BCUT2D eigenvalue weighted by atomic mass is 16.6. The fourth-order valence-electron chi connectivity index (χ4n) is 3.79. The molecule has 2 aromatic carbocycles. The summed E-state index contributed by atoms with van der Waals surface area (Å²) in [7, 11) is 0. The van der Waals surface area contributed by atoms with Gasteiger partial charge in [0.2, 0.25) is 5.91 Å². The fraction of sp³-hybridized carbons (Fsp3) is 0.423. The molecule has 0 bridgehead atoms. The number of aliphatic hydroxyl groups is 1. The van der Waals surface area contributed by atoms with Crippen molar-refractivity contribution in [1.29, 1.82) is 5.26 Å². The second-order valence-corrected chi connectivity index (χ2v) is 9.89. The lowest BCUT2D eigenvalue weighted by Crippen LogP contribution is -2.57. The van der Waals surface area contributed by atoms with E-state index in [0.29, 0.717) is 16.9 Å². The second kappa shape index (κ2) is 9.74. The molecular weight excluding hydrogens is 434 g/mol. The molecule has 180 valence electrons. The van der Waals surface area contributed by atoms with Gasteiger partial charge in [-0.25, -0.2) is 4.79 Å². The van der Waals surface area contributed by atoms with E-state index in [1.165, 1.54) is 0 Å². The predicted octanol–water partition coefficient (Wildman–Crippen LogP) is 3.38. The highest BCUT2D eigenvalue weighted by Crippen LogP contribution is 2.40. The zero-order chi connectivity index (χ0) is 25.1. The van der Waals surface area contributed by atoms with Crippen molar-refractivity contribution < 1.29 is 24.2 Å². The highest BCUT2D eigenvalue weighted by molar-refractivity contribution is 5.86. The number of amides is 2. The number of nitriles is 1. The van der Waals surface area contributed by atoms with Crippen LogP contribution in [0.3, 0.4) is 0 Å². The minimum absolute atomic E-state index is 0.222. The van der Waals surface area contributed by atoms with Crippen molar-refractivity contribution in [3.05, 3.63) is 65.2 Å². The van der Waals surface area contributed by atoms with Crippen LogP contribution in [0.25, 0.3) is 0 Å². The monoisotopic (exact) mass is 465 g/mol. The molecule has 1 aliphatic rings. The first kappa shape index (κ1) is 25.1. The topological polar surface area (TPSA) is 121 Å². The minimum atomic E-state index is -1.10. The van der Waals surface area contributed by atoms with Crippen molar-refractivity contribution in [3.63, 3.8) is 0 Å². The molecule has 1 heterocycles. The third-order valence-electron chi connectivity index (χ3n) is 5.46. The van der Waals surface area contributed by atoms with Crippen LogP contribution in [0.4, 0.5) is 4.79 Å². The number of hydrogen-bond acceptors (Lipinski definition) is 6. The Hall–Kier alpha value is -3.57. The Kier molecular flexibility index (Phi) is 7.18. The molecule has 3 rings (SSSR count). The van der Waals surface area contributed by atoms with Crippen molar-refractivity contribution in [2.75, 3.05) is 0 Å². The maximum absolute atomic E-state index is 13.4. The van der Waals surface area contributed by atoms with Gasteiger partial charge in [-0.05, 0) is 58.4 Å². The van der Waals surface area contributed by atoms with Gasteiger partial charge in [-0.3, -0.25) is 4.79 Å². The van der Waals surface area contributed by atoms with Gasteiger partial charge >= 0.3 is 6.09 Å². The molecule has 0 aromatic heterocycles. The van der Waals surface area contributed by atoms with E-state index in [1.807, 2.05) is 30.3 Å². The first-order valence-corrected chi connectivity index (χ1v) is 11.1. The summed E-state index contributed by atoms with van der Waals surface area (Å²) in [5, 5.41) is 25.9. The number of carbonyl (C=O) groups excluding carboxylic acids is 2. The van der Waals surface area contributed by atoms with Crippen LogP contribution in [0.15, 0.2) is 48.5 Å². The molecule has 0 radical (unpaired) electrons. The maximum atomic E-state index is 13.4. The van der Waals surface area contributed by atoms with Crippen molar-refractivity contribution >= 4 is 12.0 Å². The summed E-state index contributed by atoms with van der Waals surface area (Å²) < 4.78 is 11.3. The van der Waals surface area contributed by atoms with Crippen LogP contribution in [0.5, 0.6) is 5.75 Å². The van der Waals surface area contributed by atoms with Crippen LogP contribution >= 0.6 is 0 Å². The maximum Gasteiger partial charge on any atom is 0.408 e. The molecule has 8 heteroatoms. The largest absolute Gasteiger partial charge is 0.485 e. The summed E-state index contributed by atoms with van der Waals surface area (Å²) in [6.45, 7) is 8.66. The predicted molar refractivity (Wildman–Crippen MR) is 126 cm³/mol. The lowest BCUT2D eigenvalue weighted by Gasteiger charge is -2.42. The van der Waals surface area contributed by atoms with Crippen LogP contribution < -0.4 is 15.4 Å². The van der Waals surface area contributed by atoms with E-state index in [1.54, 1.807) is 52.8 Å². The van der Waals surface area contributed by atoms with Gasteiger partial charge in [0.1, 0.15) is 29.1 Å². The lowest BCUT2D eigenvalue weighted by molar-refractivity contribution is -0.127. The zero-order valence-electron chi connectivity index (χ0n) is 20.1. The van der Waals surface area contributed by atoms with Gasteiger partial charge in [-0.15, -0.1) is 0 Å². The molecule has 0 fully saturated rings. The van der Waals surface area contributed by atoms with Gasteiger partial charge in [0, 0.05) is 12.0 Å². The Balaban J connectivity index is 1.90. The number of rotatable bonds is 5. The Labute approximate surface area is 199 Å². The molecule has 1 aliphatic heterocycles. The molecule has 2 unspecified atom stereocenters. The third-order valence-corrected chi connectivity index (χ3v) is 5.46. The van der Waals surface area contributed by atoms with Crippen molar-refractivity contribution in [2.24, 2.45) is 0 Å². The molecule has 8 nitrogen and oxygen atoms in total. The summed E-state index contributed by atoms with van der Waals surface area (Å²) in [5.41, 5.74) is -0.00666. The average Bonchev–Trinajstić information content (AvgIpc) is 2.75. The molecule has 0 saturated carbocycles. The number of alkyl carbamates (subject to hydrolysis) is 1. The quantitative estimate of drug-likeness (QED) is 0.623. The summed E-state index contributed by atoms with van der Waals surface area (Å²) in [4.78, 5) is 25.9. The normalized spacial score (nSPS) is 19.6. The Morgan fingerprint density at radius 2 is 1.88 bits per heavy atom. The van der Waals surface area contributed by atoms with E-state index in [9.17, 15) is 20.0 Å². The first-order valence-electron chi connectivity index (χ1n) is 11.1. The van der Waals surface area contributed by atoms with E-state index < -0.39 is 41.4 Å². The number of hydrogen-bond donors (Lipinski definition) is 3. The average molecular weight is 466 g/mol. The van der Waals surface area contributed by atoms with Gasteiger partial charge in [0.15, 0.2) is 0 Å². The highest BCUT2D eigenvalue weighted by Gasteiger charge is 2.44. The molecule has 2 aromatic rings. The molecule has 3 atom stereocenters. The first-order chi connectivity index (χ1) is 15.9. The molecular formula is C26H31N3O5. The number of benzene rings is 2. The fourth-order valence-corrected chi connectivity index (χ4v) is 3.79. The smallest absolute Gasteiger partial charge is 0.408 e. The molecule has 3 N–H and O–H groups in total. The Bertz CT molecular complexity index is 1090. The number of nitrogens with one attached hydrogen (secondary N) is 2. The van der Waals surface area contributed by atoms with Crippen LogP contribution in [-0.2, 0) is 16.0 Å². The number of aliphatic hydroxyl groups excluding tert-OH is 1. The standard InChI is InChI=1S/C26H31N3O5/c1-25(2,3)34-24(32)28-19(14-16-9-7-6-8-10-16)23(31)29-21-18-13-17(15-27)11-12-20(18)33-26(4,5)22(21)30/h6-13,19,21-22,30H,14H2,1-5H3,(H,28,32)(H,29,31)/t19-,21?,22?/m1/s1. The SMILES string of the molecule is CC(C)(C)OC(=O)N[C@H](Cc1ccccc1)C(=O)NC1c2cc(C#N)ccc2OC(C)(C)C1O. The third kappa shape index (κ3) is 6.06. The lowest BCUT2D eigenvalue weighted by atomic mass is 9.85. The number of nitrogens with zero attached hydrogens (tertiary/aromatic N) is 1. The van der Waals surface area contributed by atoms with Crippen LogP contribution in [0.1, 0.15) is 57.4 Å². The van der Waals surface area contributed by atoms with E-state index in [0.717, 1.165) is 5.56 Å². The summed E-state index contributed by atoms with van der Waals surface area (Å²) >= 11 is 0. The minimum Gasteiger partial charge on any atom is -0.485 e. The summed E-state index contributed by atoms with van der Waals surface area (Å²) in [6, 6.07) is 14.4. The molecule has 2 amide bonds. The van der Waals surface area contributed by atoms with Gasteiger partial charge in [0.25, 0.3) is 0 Å². The molecule has 0 spiro atoms. The van der Waals surface area contributed by atoms with E-state index in [4.69, 9.17) is 9.47 Å². The second-order valence-electron chi connectivity index (χ2n) is 9.89. The van der Waals surface area contributed by atoms with Crippen LogP contribution in [-0.4, -0.2) is 40.5 Å². The molecule has 0 aliphatic carbocycles. The zero-order valence-corrected chi connectivity index (χ0v) is 20.1. The van der Waals surface area contributed by atoms with Crippen LogP contribution in [0.2, 0.25) is 0 Å². The van der Waals surface area contributed by atoms with Gasteiger partial charge in [-0.2, -0.15) is 5.26 Å². The van der Waals surface area contributed by atoms with Crippen LogP contribution in [0, 0.1) is 11.3 Å². The number of ether oxygens (including phenoxy) is 2. The van der Waals surface area contributed by atoms with E-state index in [-0.39, 0.29) is 6.42 Å². The Morgan fingerprint density at radius 3 is 2.50 bits per heavy atom. The Morgan fingerprint density at radius 1 is 1.21 bits per heavy atom. The van der Waals surface area contributed by atoms with Crippen molar-refractivity contribution in [1.82, 2.24) is 10.6 Å². The number of carbonyl (C=O) groups is 2. The van der Waals surface area contributed by atoms with Gasteiger partial charge < -0.3 is 25.2 Å². The summed E-state index contributed by atoms with van der Waals surface area (Å²) in [6.07, 6.45) is -1.60. The molecule has 0 saturated heterocycles. The van der Waals surface area contributed by atoms with Gasteiger partial charge in [-0.1, -0.05) is 30.3 Å². The van der Waals surface area contributed by atoms with E-state index >= 15 is 0 Å². The summed E-state index contributed by atoms with van der Waals surface area (Å²) in [5.74, 6) is -0.0240. The van der Waals surface area contributed by atoms with E-state index in [2.05, 4.69) is 16.7 Å². The number of fused-ring (bicyclic) bond motifs is 1.